The van der Waals surface area contributed by atoms with Crippen LogP contribution in [0.15, 0.2) is 30.3 Å². The Hall–Kier alpha value is -1.55. The topological polar surface area (TPSA) is 47.6 Å². The molecule has 1 N–H and O–H groups in total. The van der Waals surface area contributed by atoms with Crippen LogP contribution in [0.4, 0.5) is 4.79 Å². The predicted molar refractivity (Wildman–Crippen MR) is 79.6 cm³/mol. The van der Waals surface area contributed by atoms with Gasteiger partial charge in [-0.15, -0.1) is 0 Å². The molecule has 4 nitrogen and oxygen atoms in total. The Labute approximate surface area is 125 Å². The molecule has 114 valence electrons. The minimum absolute atomic E-state index is 0.189. The van der Waals surface area contributed by atoms with Crippen molar-refractivity contribution < 1.29 is 14.3 Å². The van der Waals surface area contributed by atoms with E-state index in [0.717, 1.165) is 18.5 Å². The van der Waals surface area contributed by atoms with Gasteiger partial charge in [-0.3, -0.25) is 5.32 Å². The fraction of sp³-hybridized carbons (Fsp3) is 0.588. The summed E-state index contributed by atoms with van der Waals surface area (Å²) in [5.41, 5.74) is 1.32. The molecule has 0 radical (unpaired) electrons. The van der Waals surface area contributed by atoms with Gasteiger partial charge in [0, 0.05) is 13.0 Å². The van der Waals surface area contributed by atoms with Gasteiger partial charge in [0.15, 0.2) is 6.23 Å². The van der Waals surface area contributed by atoms with Crippen LogP contribution in [0.2, 0.25) is 0 Å². The zero-order chi connectivity index (χ0) is 14.5. The minimum Gasteiger partial charge on any atom is -0.429 e. The third-order valence-electron chi connectivity index (χ3n) is 4.68. The van der Waals surface area contributed by atoms with Crippen molar-refractivity contribution in [3.63, 3.8) is 0 Å². The van der Waals surface area contributed by atoms with Crippen molar-refractivity contribution in [1.82, 2.24) is 5.32 Å². The summed E-state index contributed by atoms with van der Waals surface area (Å²) in [6.07, 6.45) is 6.59. The number of hydrogen-bond donors (Lipinski definition) is 1. The van der Waals surface area contributed by atoms with E-state index in [-0.39, 0.29) is 12.8 Å². The highest BCUT2D eigenvalue weighted by Crippen LogP contribution is 2.42. The second-order valence-electron chi connectivity index (χ2n) is 6.28. The summed E-state index contributed by atoms with van der Waals surface area (Å²) in [5, 5.41) is 3.32. The van der Waals surface area contributed by atoms with Crippen LogP contribution in [0.3, 0.4) is 0 Å². The first-order chi connectivity index (χ1) is 10.3. The molecule has 0 bridgehead atoms. The monoisotopic (exact) mass is 289 g/mol. The van der Waals surface area contributed by atoms with Crippen molar-refractivity contribution in [2.45, 2.75) is 51.4 Å². The number of rotatable bonds is 3. The van der Waals surface area contributed by atoms with Gasteiger partial charge in [0.25, 0.3) is 0 Å². The van der Waals surface area contributed by atoms with Crippen LogP contribution < -0.4 is 5.32 Å². The second-order valence-corrected chi connectivity index (χ2v) is 6.28. The molecule has 4 heteroatoms. The van der Waals surface area contributed by atoms with Gasteiger partial charge in [-0.05, 0) is 23.8 Å². The third-order valence-corrected chi connectivity index (χ3v) is 4.68. The maximum Gasteiger partial charge on any atom is 0.510 e. The van der Waals surface area contributed by atoms with E-state index in [9.17, 15) is 4.79 Å². The molecule has 1 heterocycles. The Morgan fingerprint density at radius 3 is 2.71 bits per heavy atom. The largest absolute Gasteiger partial charge is 0.510 e. The minimum atomic E-state index is -0.579. The van der Waals surface area contributed by atoms with E-state index in [4.69, 9.17) is 9.47 Å². The first-order valence-corrected chi connectivity index (χ1v) is 7.87. The summed E-state index contributed by atoms with van der Waals surface area (Å²) in [6.45, 7) is 1.22. The number of carbonyl (C=O) groups is 1. The van der Waals surface area contributed by atoms with Crippen LogP contribution >= 0.6 is 0 Å². The second kappa shape index (κ2) is 6.48. The van der Waals surface area contributed by atoms with E-state index in [2.05, 4.69) is 5.32 Å². The number of carbonyl (C=O) groups excluding carboxylic acids is 1. The lowest BCUT2D eigenvalue weighted by Gasteiger charge is -2.32. The number of nitrogens with one attached hydrogen (secondary N) is 1. The quantitative estimate of drug-likeness (QED) is 0.864. The van der Waals surface area contributed by atoms with Gasteiger partial charge in [-0.25, -0.2) is 4.79 Å². The molecule has 0 unspecified atom stereocenters. The molecule has 2 fully saturated rings. The average Bonchev–Trinajstić information content (AvgIpc) is 2.89. The van der Waals surface area contributed by atoms with Crippen molar-refractivity contribution >= 4 is 6.16 Å². The zero-order valence-electron chi connectivity index (χ0n) is 12.3. The highest BCUT2D eigenvalue weighted by Gasteiger charge is 2.41. The lowest BCUT2D eigenvalue weighted by Crippen LogP contribution is -2.28. The van der Waals surface area contributed by atoms with E-state index in [0.29, 0.717) is 5.41 Å². The molecule has 1 atom stereocenters. The van der Waals surface area contributed by atoms with E-state index in [1.165, 1.54) is 32.1 Å². The SMILES string of the molecule is O=C(OCc1ccccc1)O[C@H]1CC2(CCCCC2)CN1. The van der Waals surface area contributed by atoms with Crippen molar-refractivity contribution in [2.24, 2.45) is 5.41 Å². The smallest absolute Gasteiger partial charge is 0.429 e. The van der Waals surface area contributed by atoms with Gasteiger partial charge in [0.1, 0.15) is 6.61 Å². The summed E-state index contributed by atoms with van der Waals surface area (Å²) < 4.78 is 10.6. The standard InChI is InChI=1S/C17H23NO3/c19-16(20-12-14-7-3-1-4-8-14)21-15-11-17(13-18-15)9-5-2-6-10-17/h1,3-4,7-8,15,18H,2,5-6,9-13H2/t15-/m0/s1. The van der Waals surface area contributed by atoms with Gasteiger partial charge in [0.05, 0.1) is 0 Å². The van der Waals surface area contributed by atoms with Gasteiger partial charge in [-0.1, -0.05) is 49.6 Å². The fourth-order valence-electron chi connectivity index (χ4n) is 3.50. The van der Waals surface area contributed by atoms with Crippen molar-refractivity contribution in [1.29, 1.82) is 0 Å². The zero-order valence-corrected chi connectivity index (χ0v) is 12.3. The highest BCUT2D eigenvalue weighted by atomic mass is 16.7. The fourth-order valence-corrected chi connectivity index (χ4v) is 3.50. The number of hydrogen-bond acceptors (Lipinski definition) is 4. The molecule has 1 aromatic carbocycles. The maximum atomic E-state index is 11.8. The Morgan fingerprint density at radius 2 is 1.95 bits per heavy atom. The third kappa shape index (κ3) is 3.76. The molecule has 1 aliphatic carbocycles. The molecule has 1 aromatic rings. The molecular formula is C17H23NO3. The van der Waals surface area contributed by atoms with Gasteiger partial charge in [-0.2, -0.15) is 0 Å². The summed E-state index contributed by atoms with van der Waals surface area (Å²) in [4.78, 5) is 11.8. The van der Waals surface area contributed by atoms with Crippen molar-refractivity contribution in [3.05, 3.63) is 35.9 Å². The Bertz CT molecular complexity index is 468. The number of benzene rings is 1. The summed E-state index contributed by atoms with van der Waals surface area (Å²) in [6, 6.07) is 9.65. The summed E-state index contributed by atoms with van der Waals surface area (Å²) >= 11 is 0. The van der Waals surface area contributed by atoms with Gasteiger partial charge >= 0.3 is 6.16 Å². The molecule has 3 rings (SSSR count). The molecule has 0 aromatic heterocycles. The van der Waals surface area contributed by atoms with Crippen LogP contribution in [0.1, 0.15) is 44.1 Å². The molecule has 2 aliphatic rings. The molecule has 1 saturated heterocycles. The Morgan fingerprint density at radius 1 is 1.19 bits per heavy atom. The molecule has 0 amide bonds. The van der Waals surface area contributed by atoms with Gasteiger partial charge < -0.3 is 9.47 Å². The van der Waals surface area contributed by atoms with E-state index < -0.39 is 6.16 Å². The highest BCUT2D eigenvalue weighted by molar-refractivity contribution is 5.60. The first kappa shape index (κ1) is 14.4. The Kier molecular flexibility index (Phi) is 4.44. The van der Waals surface area contributed by atoms with E-state index in [1.54, 1.807) is 0 Å². The number of ether oxygens (including phenoxy) is 2. The van der Waals surface area contributed by atoms with Crippen LogP contribution in [-0.4, -0.2) is 18.9 Å². The molecular weight excluding hydrogens is 266 g/mol. The normalized spacial score (nSPS) is 23.9. The maximum absolute atomic E-state index is 11.8. The molecule has 1 spiro atoms. The van der Waals surface area contributed by atoms with Crippen LogP contribution in [-0.2, 0) is 16.1 Å². The van der Waals surface area contributed by atoms with E-state index in [1.807, 2.05) is 30.3 Å². The Balaban J connectivity index is 1.43. The lowest BCUT2D eigenvalue weighted by atomic mass is 9.73. The summed E-state index contributed by atoms with van der Waals surface area (Å²) in [7, 11) is 0. The van der Waals surface area contributed by atoms with Crippen molar-refractivity contribution in [3.8, 4) is 0 Å². The molecule has 1 saturated carbocycles. The average molecular weight is 289 g/mol. The first-order valence-electron chi connectivity index (χ1n) is 7.87. The molecule has 21 heavy (non-hydrogen) atoms. The predicted octanol–water partition coefficient (Wildman–Crippen LogP) is 3.61. The van der Waals surface area contributed by atoms with Crippen LogP contribution in [0, 0.1) is 5.41 Å². The lowest BCUT2D eigenvalue weighted by molar-refractivity contribution is 0.00952. The van der Waals surface area contributed by atoms with E-state index >= 15 is 0 Å². The van der Waals surface area contributed by atoms with Crippen molar-refractivity contribution in [2.75, 3.05) is 6.54 Å². The molecule has 1 aliphatic heterocycles. The van der Waals surface area contributed by atoms with Gasteiger partial charge in [0.2, 0.25) is 0 Å². The van der Waals surface area contributed by atoms with Crippen LogP contribution in [0.25, 0.3) is 0 Å². The summed E-state index contributed by atoms with van der Waals surface area (Å²) in [5.74, 6) is 0. The van der Waals surface area contributed by atoms with Crippen LogP contribution in [0.5, 0.6) is 0 Å².